The summed E-state index contributed by atoms with van der Waals surface area (Å²) in [6.45, 7) is 1.84. The van der Waals surface area contributed by atoms with Gasteiger partial charge in [-0.05, 0) is 18.2 Å². The van der Waals surface area contributed by atoms with Crippen molar-refractivity contribution in [3.05, 3.63) is 66.1 Å². The van der Waals surface area contributed by atoms with Crippen molar-refractivity contribution in [2.45, 2.75) is 6.04 Å². The average Bonchev–Trinajstić information content (AvgIpc) is 3.07. The summed E-state index contributed by atoms with van der Waals surface area (Å²) < 4.78 is 14.0. The molecule has 2 aromatic carbocycles. The first-order chi connectivity index (χ1) is 12.1. The van der Waals surface area contributed by atoms with E-state index in [2.05, 4.69) is 9.88 Å². The normalized spacial score (nSPS) is 17.9. The van der Waals surface area contributed by atoms with E-state index in [1.54, 1.807) is 17.2 Å². The summed E-state index contributed by atoms with van der Waals surface area (Å²) in [4.78, 5) is 18.8. The third-order valence-corrected chi connectivity index (χ3v) is 4.84. The zero-order chi connectivity index (χ0) is 17.4. The van der Waals surface area contributed by atoms with Crippen LogP contribution < -0.4 is 10.6 Å². The van der Waals surface area contributed by atoms with Gasteiger partial charge < -0.3 is 20.5 Å². The number of para-hydroxylation sites is 2. The molecule has 1 aliphatic heterocycles. The number of anilines is 1. The molecule has 1 atom stereocenters. The molecule has 0 radical (unpaired) electrons. The lowest BCUT2D eigenvalue weighted by Crippen LogP contribution is -2.52. The summed E-state index contributed by atoms with van der Waals surface area (Å²) in [6.07, 6.45) is 1.78. The molecule has 1 saturated heterocycles. The number of aromatic nitrogens is 1. The highest BCUT2D eigenvalue weighted by Gasteiger charge is 2.32. The molecule has 1 aromatic heterocycles. The number of urea groups is 1. The largest absolute Gasteiger partial charge is 0.367 e. The minimum Gasteiger partial charge on any atom is -0.367 e. The molecule has 0 bridgehead atoms. The predicted molar refractivity (Wildman–Crippen MR) is 95.9 cm³/mol. The van der Waals surface area contributed by atoms with Gasteiger partial charge in [-0.2, -0.15) is 0 Å². The van der Waals surface area contributed by atoms with Crippen molar-refractivity contribution in [1.82, 2.24) is 9.88 Å². The van der Waals surface area contributed by atoms with Gasteiger partial charge in [0.05, 0.1) is 11.6 Å². The molecule has 1 aliphatic rings. The second-order valence-electron chi connectivity index (χ2n) is 6.24. The topological polar surface area (TPSA) is 65.4 Å². The number of benzene rings is 2. The molecule has 0 aliphatic carbocycles. The first-order valence-corrected chi connectivity index (χ1v) is 8.26. The lowest BCUT2D eigenvalue weighted by atomic mass is 10.0. The van der Waals surface area contributed by atoms with Crippen LogP contribution in [0.4, 0.5) is 14.9 Å². The Labute approximate surface area is 144 Å². The first-order valence-electron chi connectivity index (χ1n) is 8.26. The number of fused-ring (bicyclic) bond motifs is 1. The number of hydrogen-bond acceptors (Lipinski definition) is 2. The zero-order valence-electron chi connectivity index (χ0n) is 13.7. The Hall–Kier alpha value is -3.02. The Morgan fingerprint density at radius 1 is 1.12 bits per heavy atom. The Morgan fingerprint density at radius 3 is 2.68 bits per heavy atom. The van der Waals surface area contributed by atoms with E-state index in [-0.39, 0.29) is 11.9 Å². The van der Waals surface area contributed by atoms with E-state index in [1.165, 1.54) is 6.07 Å². The molecular weight excluding hydrogens is 319 g/mol. The van der Waals surface area contributed by atoms with E-state index >= 15 is 0 Å². The van der Waals surface area contributed by atoms with E-state index in [0.29, 0.717) is 25.2 Å². The van der Waals surface area contributed by atoms with Crippen molar-refractivity contribution in [2.75, 3.05) is 24.5 Å². The second kappa shape index (κ2) is 6.12. The molecule has 3 N–H and O–H groups in total. The zero-order valence-corrected chi connectivity index (χ0v) is 13.7. The summed E-state index contributed by atoms with van der Waals surface area (Å²) in [7, 11) is 0. The molecule has 0 spiro atoms. The Morgan fingerprint density at radius 2 is 1.92 bits per heavy atom. The average molecular weight is 338 g/mol. The number of rotatable bonds is 2. The fraction of sp³-hybridized carbons (Fsp3) is 0.211. The summed E-state index contributed by atoms with van der Waals surface area (Å²) in [6, 6.07) is 14.3. The van der Waals surface area contributed by atoms with Gasteiger partial charge in [0, 0.05) is 42.5 Å². The van der Waals surface area contributed by atoms with Gasteiger partial charge in [-0.25, -0.2) is 9.18 Å². The number of aromatic amines is 1. The number of piperazine rings is 1. The fourth-order valence-corrected chi connectivity index (χ4v) is 3.60. The number of halogens is 1. The maximum Gasteiger partial charge on any atom is 0.315 e. The van der Waals surface area contributed by atoms with E-state index in [4.69, 9.17) is 5.73 Å². The van der Waals surface area contributed by atoms with Crippen LogP contribution in [0.15, 0.2) is 54.7 Å². The van der Waals surface area contributed by atoms with Crippen LogP contribution in [0.2, 0.25) is 0 Å². The summed E-state index contributed by atoms with van der Waals surface area (Å²) in [5.74, 6) is -0.301. The van der Waals surface area contributed by atoms with Crippen molar-refractivity contribution in [1.29, 1.82) is 0 Å². The third kappa shape index (κ3) is 2.69. The van der Waals surface area contributed by atoms with E-state index < -0.39 is 6.03 Å². The lowest BCUT2D eigenvalue weighted by Gasteiger charge is -2.41. The van der Waals surface area contributed by atoms with Gasteiger partial charge in [-0.15, -0.1) is 0 Å². The van der Waals surface area contributed by atoms with Crippen molar-refractivity contribution >= 4 is 22.6 Å². The minimum atomic E-state index is -0.455. The van der Waals surface area contributed by atoms with Gasteiger partial charge in [0.25, 0.3) is 0 Å². The Kier molecular flexibility index (Phi) is 3.80. The van der Waals surface area contributed by atoms with Crippen LogP contribution in [0.1, 0.15) is 11.6 Å². The number of carbonyl (C=O) groups excluding carboxylic acids is 1. The molecule has 2 amide bonds. The van der Waals surface area contributed by atoms with Crippen molar-refractivity contribution in [2.24, 2.45) is 5.73 Å². The highest BCUT2D eigenvalue weighted by atomic mass is 19.1. The standard InChI is InChI=1S/C19H19FN4O/c20-16-8-4-7-14-15(11-22-18(14)16)17-12-23(9-10-24(17)19(21)25)13-5-2-1-3-6-13/h1-8,11,17,22H,9-10,12H2,(H2,21,25). The van der Waals surface area contributed by atoms with Gasteiger partial charge in [0.15, 0.2) is 0 Å². The van der Waals surface area contributed by atoms with Gasteiger partial charge in [0.2, 0.25) is 0 Å². The predicted octanol–water partition coefficient (Wildman–Crippen LogP) is 3.25. The van der Waals surface area contributed by atoms with Crippen LogP contribution >= 0.6 is 0 Å². The smallest absolute Gasteiger partial charge is 0.315 e. The molecule has 0 saturated carbocycles. The molecule has 2 heterocycles. The number of nitrogens with one attached hydrogen (secondary N) is 1. The van der Waals surface area contributed by atoms with E-state index in [0.717, 1.165) is 16.6 Å². The van der Waals surface area contributed by atoms with Gasteiger partial charge in [-0.1, -0.05) is 30.3 Å². The first kappa shape index (κ1) is 15.5. The molecule has 128 valence electrons. The summed E-state index contributed by atoms with van der Waals surface area (Å²) in [5.41, 5.74) is 8.05. The lowest BCUT2D eigenvalue weighted by molar-refractivity contribution is 0.176. The molecule has 25 heavy (non-hydrogen) atoms. The molecule has 4 rings (SSSR count). The van der Waals surface area contributed by atoms with E-state index in [9.17, 15) is 9.18 Å². The minimum absolute atomic E-state index is 0.234. The number of nitrogens with zero attached hydrogens (tertiary/aromatic N) is 2. The maximum absolute atomic E-state index is 14.0. The van der Waals surface area contributed by atoms with Crippen LogP contribution in [0, 0.1) is 5.82 Å². The number of primary amides is 1. The van der Waals surface area contributed by atoms with Crippen molar-refractivity contribution < 1.29 is 9.18 Å². The number of hydrogen-bond donors (Lipinski definition) is 2. The fourth-order valence-electron chi connectivity index (χ4n) is 3.60. The highest BCUT2D eigenvalue weighted by Crippen LogP contribution is 2.33. The van der Waals surface area contributed by atoms with Crippen LogP contribution in [0.5, 0.6) is 0 Å². The van der Waals surface area contributed by atoms with Gasteiger partial charge in [-0.3, -0.25) is 0 Å². The number of nitrogens with two attached hydrogens (primary N) is 1. The number of amides is 2. The molecule has 5 nitrogen and oxygen atoms in total. The summed E-state index contributed by atoms with van der Waals surface area (Å²) >= 11 is 0. The molecule has 1 unspecified atom stereocenters. The second-order valence-corrected chi connectivity index (χ2v) is 6.24. The highest BCUT2D eigenvalue weighted by molar-refractivity contribution is 5.85. The number of carbonyl (C=O) groups is 1. The maximum atomic E-state index is 14.0. The Bertz CT molecular complexity index is 908. The Balaban J connectivity index is 1.74. The van der Waals surface area contributed by atoms with E-state index in [1.807, 2.05) is 36.4 Å². The quantitative estimate of drug-likeness (QED) is 0.753. The molecule has 1 fully saturated rings. The molecular formula is C19H19FN4O. The van der Waals surface area contributed by atoms with Crippen LogP contribution in [0.25, 0.3) is 10.9 Å². The summed E-state index contributed by atoms with van der Waals surface area (Å²) in [5, 5.41) is 0.783. The SMILES string of the molecule is NC(=O)N1CCN(c2ccccc2)CC1c1c[nH]c2c(F)cccc12. The van der Waals surface area contributed by atoms with Crippen molar-refractivity contribution in [3.63, 3.8) is 0 Å². The van der Waals surface area contributed by atoms with Crippen LogP contribution in [-0.4, -0.2) is 35.5 Å². The monoisotopic (exact) mass is 338 g/mol. The van der Waals surface area contributed by atoms with Crippen molar-refractivity contribution in [3.8, 4) is 0 Å². The van der Waals surface area contributed by atoms with Crippen LogP contribution in [-0.2, 0) is 0 Å². The van der Waals surface area contributed by atoms with Gasteiger partial charge >= 0.3 is 6.03 Å². The molecule has 6 heteroatoms. The van der Waals surface area contributed by atoms with Crippen LogP contribution in [0.3, 0.4) is 0 Å². The third-order valence-electron chi connectivity index (χ3n) is 4.84. The molecule has 3 aromatic rings. The van der Waals surface area contributed by atoms with Gasteiger partial charge in [0.1, 0.15) is 5.82 Å². The number of H-pyrrole nitrogens is 1.